The number of hydrogen-bond acceptors (Lipinski definition) is 1. The summed E-state index contributed by atoms with van der Waals surface area (Å²) in [4.78, 5) is 4.74. The minimum atomic E-state index is -1.09. The average molecular weight is 320 g/mol. The number of aryl methyl sites for hydroxylation is 2. The number of allylic oxidation sites excluding steroid dienone is 2. The van der Waals surface area contributed by atoms with Crippen LogP contribution in [0.2, 0.25) is 6.82 Å². The largest absolute Gasteiger partial charge is 0.462 e. The Kier molecular flexibility index (Phi) is 4.31. The molecule has 24 heavy (non-hydrogen) atoms. The molecule has 4 heteroatoms. The van der Waals surface area contributed by atoms with E-state index in [1.807, 2.05) is 45.0 Å². The molecule has 0 bridgehead atoms. The Hall–Kier alpha value is -2.36. The third-order valence-corrected chi connectivity index (χ3v) is 4.40. The first kappa shape index (κ1) is 16.5. The van der Waals surface area contributed by atoms with Gasteiger partial charge in [0.1, 0.15) is 0 Å². The Bertz CT molecular complexity index is 871. The molecule has 0 fully saturated rings. The topological polar surface area (TPSA) is 17.3 Å². The van der Waals surface area contributed by atoms with Gasteiger partial charge in [0.25, 0.3) is 0 Å². The molecule has 2 nitrogen and oxygen atoms in total. The lowest BCUT2D eigenvalue weighted by molar-refractivity contribution is 0.788. The second kappa shape index (κ2) is 6.27. The molecule has 0 unspecified atom stereocenters. The number of aromatic nitrogens is 1. The molecule has 0 aliphatic carbocycles. The summed E-state index contributed by atoms with van der Waals surface area (Å²) in [7, 11) is -1.09. The molecule has 0 saturated carbocycles. The fourth-order valence-electron chi connectivity index (χ4n) is 3.52. The van der Waals surface area contributed by atoms with Crippen molar-refractivity contribution in [3.63, 3.8) is 0 Å². The first-order chi connectivity index (χ1) is 11.4. The van der Waals surface area contributed by atoms with Crippen LogP contribution in [0, 0.1) is 13.8 Å². The van der Waals surface area contributed by atoms with Crippen LogP contribution in [0.4, 0.5) is 4.32 Å². The van der Waals surface area contributed by atoms with E-state index >= 15 is 0 Å². The van der Waals surface area contributed by atoms with E-state index in [4.69, 9.17) is 4.99 Å². The van der Waals surface area contributed by atoms with Crippen LogP contribution in [0.3, 0.4) is 0 Å². The quantitative estimate of drug-likeness (QED) is 0.690. The summed E-state index contributed by atoms with van der Waals surface area (Å²) in [5, 5.41) is 0. The predicted molar refractivity (Wildman–Crippen MR) is 101 cm³/mol. The van der Waals surface area contributed by atoms with Crippen LogP contribution in [-0.2, 0) is 0 Å². The van der Waals surface area contributed by atoms with Gasteiger partial charge in [-0.15, -0.1) is 0 Å². The van der Waals surface area contributed by atoms with Crippen molar-refractivity contribution in [1.82, 2.24) is 4.48 Å². The van der Waals surface area contributed by atoms with E-state index in [1.165, 1.54) is 0 Å². The second-order valence-electron chi connectivity index (χ2n) is 6.43. The Morgan fingerprint density at radius 3 is 2.29 bits per heavy atom. The molecule has 2 aromatic rings. The van der Waals surface area contributed by atoms with E-state index in [-0.39, 0.29) is 0 Å². The highest BCUT2D eigenvalue weighted by atomic mass is 19.1. The Balaban J connectivity index is 2.39. The molecule has 0 spiro atoms. The highest BCUT2D eigenvalue weighted by Gasteiger charge is 2.25. The van der Waals surface area contributed by atoms with Gasteiger partial charge in [-0.05, 0) is 63.4 Å². The highest BCUT2D eigenvalue weighted by molar-refractivity contribution is 6.48. The minimum absolute atomic E-state index is 0.912. The zero-order chi connectivity index (χ0) is 17.4. The maximum atomic E-state index is 14.4. The van der Waals surface area contributed by atoms with Gasteiger partial charge in [-0.2, -0.15) is 0 Å². The molecule has 1 aliphatic heterocycles. The smallest absolute Gasteiger partial charge is 0.360 e. The van der Waals surface area contributed by atoms with Gasteiger partial charge in [-0.25, -0.2) is 0 Å². The molecule has 0 atom stereocenters. The highest BCUT2D eigenvalue weighted by Crippen LogP contribution is 2.36. The van der Waals surface area contributed by atoms with E-state index in [2.05, 4.69) is 25.1 Å². The van der Waals surface area contributed by atoms with Crippen molar-refractivity contribution in [3.8, 4) is 0 Å². The maximum absolute atomic E-state index is 14.4. The molecule has 2 heterocycles. The summed E-state index contributed by atoms with van der Waals surface area (Å²) in [6.07, 6.45) is 2.08. The van der Waals surface area contributed by atoms with Crippen molar-refractivity contribution in [2.24, 2.45) is 4.99 Å². The van der Waals surface area contributed by atoms with Crippen LogP contribution in [-0.4, -0.2) is 17.3 Å². The van der Waals surface area contributed by atoms with E-state index in [0.717, 1.165) is 45.1 Å². The molecule has 0 saturated heterocycles. The van der Waals surface area contributed by atoms with Gasteiger partial charge in [-0.3, -0.25) is 4.99 Å². The summed E-state index contributed by atoms with van der Waals surface area (Å²) in [6, 6.07) is 12.2. The number of benzene rings is 1. The third kappa shape index (κ3) is 2.77. The lowest BCUT2D eigenvalue weighted by Crippen LogP contribution is -2.19. The van der Waals surface area contributed by atoms with Gasteiger partial charge in [0.2, 0.25) is 0 Å². The van der Waals surface area contributed by atoms with Crippen LogP contribution >= 0.6 is 0 Å². The molecular formula is C20H22BFN2. The fourth-order valence-corrected chi connectivity index (χ4v) is 3.52. The van der Waals surface area contributed by atoms with E-state index in [9.17, 15) is 4.32 Å². The third-order valence-electron chi connectivity index (χ3n) is 4.40. The van der Waals surface area contributed by atoms with Crippen molar-refractivity contribution >= 4 is 18.4 Å². The minimum Gasteiger partial charge on any atom is -0.360 e. The molecule has 1 aromatic heterocycles. The second-order valence-corrected chi connectivity index (χ2v) is 6.43. The lowest BCUT2D eigenvalue weighted by Gasteiger charge is -2.18. The van der Waals surface area contributed by atoms with Crippen LogP contribution in [0.25, 0.3) is 5.57 Å². The van der Waals surface area contributed by atoms with Gasteiger partial charge < -0.3 is 8.79 Å². The summed E-state index contributed by atoms with van der Waals surface area (Å²) >= 11 is 0. The SMILES string of the molecule is CB(F)n1c(C)cc(C)c1/C(=C1\N=C(C)C=C1C)c1ccccc1. The monoisotopic (exact) mass is 320 g/mol. The lowest BCUT2D eigenvalue weighted by atomic mass is 9.88. The summed E-state index contributed by atoms with van der Waals surface area (Å²) in [6.45, 7) is 9.62. The van der Waals surface area contributed by atoms with Crippen molar-refractivity contribution in [1.29, 1.82) is 0 Å². The van der Waals surface area contributed by atoms with Crippen LogP contribution < -0.4 is 0 Å². The number of rotatable bonds is 3. The van der Waals surface area contributed by atoms with Gasteiger partial charge in [0.15, 0.2) is 0 Å². The van der Waals surface area contributed by atoms with Crippen molar-refractivity contribution in [2.75, 3.05) is 0 Å². The molecule has 1 aliphatic rings. The molecule has 122 valence electrons. The van der Waals surface area contributed by atoms with E-state index in [1.54, 1.807) is 11.3 Å². The molecule has 0 N–H and O–H groups in total. The predicted octanol–water partition coefficient (Wildman–Crippen LogP) is 5.22. The summed E-state index contributed by atoms with van der Waals surface area (Å²) in [5.74, 6) is 0. The molecule has 1 aromatic carbocycles. The molecule has 0 amide bonds. The van der Waals surface area contributed by atoms with Crippen molar-refractivity contribution < 1.29 is 4.32 Å². The fraction of sp³-hybridized carbons (Fsp3) is 0.250. The number of nitrogens with zero attached hydrogens (tertiary/aromatic N) is 2. The Labute approximate surface area is 143 Å². The van der Waals surface area contributed by atoms with Gasteiger partial charge in [-0.1, -0.05) is 30.3 Å². The number of aliphatic imine (C=N–C) groups is 1. The molecule has 0 radical (unpaired) electrons. The van der Waals surface area contributed by atoms with Crippen LogP contribution in [0.5, 0.6) is 0 Å². The van der Waals surface area contributed by atoms with Crippen LogP contribution in [0.1, 0.15) is 36.4 Å². The Morgan fingerprint density at radius 1 is 1.08 bits per heavy atom. The van der Waals surface area contributed by atoms with E-state index in [0.29, 0.717) is 0 Å². The number of hydrogen-bond donors (Lipinski definition) is 0. The molecular weight excluding hydrogens is 298 g/mol. The zero-order valence-corrected chi connectivity index (χ0v) is 14.9. The van der Waals surface area contributed by atoms with Crippen molar-refractivity contribution in [2.45, 2.75) is 34.5 Å². The van der Waals surface area contributed by atoms with Gasteiger partial charge in [0.05, 0.1) is 5.70 Å². The zero-order valence-electron chi connectivity index (χ0n) is 14.9. The summed E-state index contributed by atoms with van der Waals surface area (Å²) in [5.41, 5.74) is 7.98. The van der Waals surface area contributed by atoms with E-state index < -0.39 is 7.12 Å². The van der Waals surface area contributed by atoms with Gasteiger partial charge in [0, 0.05) is 22.7 Å². The average Bonchev–Trinajstić information content (AvgIpc) is 3.00. The van der Waals surface area contributed by atoms with Gasteiger partial charge >= 0.3 is 7.12 Å². The first-order valence-corrected chi connectivity index (χ1v) is 8.26. The normalized spacial score (nSPS) is 16.1. The first-order valence-electron chi connectivity index (χ1n) is 8.26. The molecule has 3 rings (SSSR count). The standard InChI is InChI=1S/C20H22BFN2/c1-13-11-15(3)23-19(13)18(17-9-7-6-8-10-17)20-14(2)12-16(4)24(20)21(5)22/h6-12H,1-5H3/b19-18-. The summed E-state index contributed by atoms with van der Waals surface area (Å²) < 4.78 is 16.2. The number of halogens is 1. The Morgan fingerprint density at radius 2 is 1.75 bits per heavy atom. The maximum Gasteiger partial charge on any atom is 0.462 e. The van der Waals surface area contributed by atoms with Crippen LogP contribution in [0.15, 0.2) is 58.7 Å². The van der Waals surface area contributed by atoms with Crippen molar-refractivity contribution in [3.05, 3.63) is 76.3 Å².